The second kappa shape index (κ2) is 4.26. The summed E-state index contributed by atoms with van der Waals surface area (Å²) in [7, 11) is 1.89. The molecule has 0 atom stereocenters. The van der Waals surface area contributed by atoms with Crippen LogP contribution in [0.5, 0.6) is 0 Å². The molecule has 84 valence electrons. The van der Waals surface area contributed by atoms with E-state index < -0.39 is 0 Å². The summed E-state index contributed by atoms with van der Waals surface area (Å²) in [6, 6.07) is 1.86. The topological polar surface area (TPSA) is 67.9 Å². The van der Waals surface area contributed by atoms with Crippen LogP contribution in [-0.2, 0) is 6.54 Å². The highest BCUT2D eigenvalue weighted by Gasteiger charge is 2.09. The molecule has 0 saturated heterocycles. The highest BCUT2D eigenvalue weighted by atomic mass is 16.5. The Labute approximate surface area is 93.3 Å². The van der Waals surface area contributed by atoms with Gasteiger partial charge in [0.2, 0.25) is 11.8 Å². The van der Waals surface area contributed by atoms with Crippen molar-refractivity contribution in [2.75, 3.05) is 11.9 Å². The number of hydrogen-bond acceptors (Lipinski definition) is 6. The summed E-state index contributed by atoms with van der Waals surface area (Å²) in [5.41, 5.74) is 0.932. The minimum atomic E-state index is 0.529. The smallest absolute Gasteiger partial charge is 0.225 e. The van der Waals surface area contributed by atoms with Crippen molar-refractivity contribution in [2.24, 2.45) is 0 Å². The van der Waals surface area contributed by atoms with Crippen molar-refractivity contribution in [1.29, 1.82) is 0 Å². The van der Waals surface area contributed by atoms with Crippen molar-refractivity contribution in [2.45, 2.75) is 20.4 Å². The molecule has 2 aromatic rings. The van der Waals surface area contributed by atoms with Crippen molar-refractivity contribution in [3.63, 3.8) is 0 Å². The molecule has 0 amide bonds. The van der Waals surface area contributed by atoms with Gasteiger partial charge in [-0.25, -0.2) is 9.97 Å². The summed E-state index contributed by atoms with van der Waals surface area (Å²) < 4.78 is 4.90. The van der Waals surface area contributed by atoms with Gasteiger partial charge in [-0.05, 0) is 13.0 Å². The fraction of sp³-hybridized carbons (Fsp3) is 0.400. The first-order valence-corrected chi connectivity index (χ1v) is 4.95. The first-order valence-electron chi connectivity index (χ1n) is 4.95. The minimum absolute atomic E-state index is 0.529. The number of nitrogens with zero attached hydrogens (tertiary/aromatic N) is 5. The second-order valence-electron chi connectivity index (χ2n) is 3.58. The van der Waals surface area contributed by atoms with Crippen LogP contribution in [-0.4, -0.2) is 27.2 Å². The molecule has 6 heteroatoms. The number of aryl methyl sites for hydroxylation is 2. The molecule has 0 aliphatic rings. The Morgan fingerprint density at radius 3 is 2.75 bits per heavy atom. The van der Waals surface area contributed by atoms with E-state index in [1.54, 1.807) is 13.1 Å². The summed E-state index contributed by atoms with van der Waals surface area (Å²) >= 11 is 0. The number of hydrogen-bond donors (Lipinski definition) is 0. The molecule has 0 radical (unpaired) electrons. The molecule has 0 aliphatic heterocycles. The van der Waals surface area contributed by atoms with Crippen LogP contribution in [0, 0.1) is 13.8 Å². The van der Waals surface area contributed by atoms with Crippen LogP contribution in [0.4, 0.5) is 5.95 Å². The molecule has 0 bridgehead atoms. The normalized spacial score (nSPS) is 10.4. The number of rotatable bonds is 3. The Morgan fingerprint density at radius 1 is 1.31 bits per heavy atom. The predicted octanol–water partition coefficient (Wildman–Crippen LogP) is 1.11. The van der Waals surface area contributed by atoms with Crippen LogP contribution in [0.1, 0.15) is 17.4 Å². The lowest BCUT2D eigenvalue weighted by Gasteiger charge is -2.14. The SMILES string of the molecule is Cc1ccnc(N(C)Cc2noc(C)n2)n1. The molecule has 0 spiro atoms. The van der Waals surface area contributed by atoms with Gasteiger partial charge >= 0.3 is 0 Å². The van der Waals surface area contributed by atoms with Crippen LogP contribution in [0.2, 0.25) is 0 Å². The van der Waals surface area contributed by atoms with Crippen LogP contribution in [0.15, 0.2) is 16.8 Å². The molecule has 2 aromatic heterocycles. The Balaban J connectivity index is 2.11. The summed E-state index contributed by atoms with van der Waals surface area (Å²) in [5.74, 6) is 1.85. The molecular formula is C10H13N5O. The molecule has 6 nitrogen and oxygen atoms in total. The Hall–Kier alpha value is -1.98. The van der Waals surface area contributed by atoms with E-state index in [1.807, 2.05) is 24.9 Å². The zero-order valence-corrected chi connectivity index (χ0v) is 9.51. The van der Waals surface area contributed by atoms with Gasteiger partial charge in [-0.15, -0.1) is 0 Å². The third-order valence-corrected chi connectivity index (χ3v) is 2.07. The molecule has 0 unspecified atom stereocenters. The summed E-state index contributed by atoms with van der Waals surface area (Å²) in [5, 5.41) is 3.82. The van der Waals surface area contributed by atoms with E-state index in [1.165, 1.54) is 0 Å². The van der Waals surface area contributed by atoms with Gasteiger partial charge in [-0.1, -0.05) is 5.16 Å². The molecule has 0 aromatic carbocycles. The Kier molecular flexibility index (Phi) is 2.80. The highest BCUT2D eigenvalue weighted by molar-refractivity contribution is 5.28. The summed E-state index contributed by atoms with van der Waals surface area (Å²) in [6.45, 7) is 4.22. The maximum absolute atomic E-state index is 4.90. The first-order chi connectivity index (χ1) is 7.65. The Morgan fingerprint density at radius 2 is 2.12 bits per heavy atom. The summed E-state index contributed by atoms with van der Waals surface area (Å²) in [6.07, 6.45) is 1.73. The van der Waals surface area contributed by atoms with Crippen LogP contribution >= 0.6 is 0 Å². The zero-order valence-electron chi connectivity index (χ0n) is 9.51. The monoisotopic (exact) mass is 219 g/mol. The van der Waals surface area contributed by atoms with Gasteiger partial charge in [0.1, 0.15) is 0 Å². The highest BCUT2D eigenvalue weighted by Crippen LogP contribution is 2.08. The standard InChI is InChI=1S/C10H13N5O/c1-7-4-5-11-10(12-7)15(3)6-9-13-8(2)16-14-9/h4-5H,6H2,1-3H3. The van der Waals surface area contributed by atoms with Crippen molar-refractivity contribution in [3.8, 4) is 0 Å². The Bertz CT molecular complexity index is 482. The fourth-order valence-electron chi connectivity index (χ4n) is 1.31. The van der Waals surface area contributed by atoms with Gasteiger partial charge < -0.3 is 9.42 Å². The van der Waals surface area contributed by atoms with Crippen molar-refractivity contribution in [1.82, 2.24) is 20.1 Å². The van der Waals surface area contributed by atoms with E-state index in [-0.39, 0.29) is 0 Å². The van der Waals surface area contributed by atoms with E-state index in [4.69, 9.17) is 4.52 Å². The third kappa shape index (κ3) is 2.33. The second-order valence-corrected chi connectivity index (χ2v) is 3.58. The lowest BCUT2D eigenvalue weighted by Crippen LogP contribution is -2.20. The van der Waals surface area contributed by atoms with Gasteiger partial charge in [0.05, 0.1) is 6.54 Å². The van der Waals surface area contributed by atoms with Crippen molar-refractivity contribution in [3.05, 3.63) is 29.7 Å². The van der Waals surface area contributed by atoms with Crippen LogP contribution in [0.3, 0.4) is 0 Å². The van der Waals surface area contributed by atoms with E-state index in [0.29, 0.717) is 24.2 Å². The summed E-state index contributed by atoms with van der Waals surface area (Å²) in [4.78, 5) is 14.5. The molecular weight excluding hydrogens is 206 g/mol. The maximum Gasteiger partial charge on any atom is 0.225 e. The molecule has 0 aliphatic carbocycles. The molecule has 0 fully saturated rings. The molecule has 2 heterocycles. The lowest BCUT2D eigenvalue weighted by molar-refractivity contribution is 0.387. The van der Waals surface area contributed by atoms with Gasteiger partial charge in [-0.3, -0.25) is 0 Å². The van der Waals surface area contributed by atoms with Crippen LogP contribution < -0.4 is 4.90 Å². The zero-order chi connectivity index (χ0) is 11.5. The van der Waals surface area contributed by atoms with Gasteiger partial charge in [0.15, 0.2) is 5.82 Å². The van der Waals surface area contributed by atoms with E-state index in [9.17, 15) is 0 Å². The quantitative estimate of drug-likeness (QED) is 0.770. The fourth-order valence-corrected chi connectivity index (χ4v) is 1.31. The van der Waals surface area contributed by atoms with Gasteiger partial charge in [0, 0.05) is 25.9 Å². The van der Waals surface area contributed by atoms with Gasteiger partial charge in [-0.2, -0.15) is 4.98 Å². The molecule has 0 saturated carbocycles. The van der Waals surface area contributed by atoms with Crippen molar-refractivity contribution < 1.29 is 4.52 Å². The third-order valence-electron chi connectivity index (χ3n) is 2.07. The minimum Gasteiger partial charge on any atom is -0.340 e. The maximum atomic E-state index is 4.90. The first kappa shape index (κ1) is 10.5. The average molecular weight is 219 g/mol. The van der Waals surface area contributed by atoms with E-state index in [2.05, 4.69) is 20.1 Å². The molecule has 2 rings (SSSR count). The largest absolute Gasteiger partial charge is 0.340 e. The van der Waals surface area contributed by atoms with E-state index >= 15 is 0 Å². The van der Waals surface area contributed by atoms with Crippen molar-refractivity contribution >= 4 is 5.95 Å². The van der Waals surface area contributed by atoms with E-state index in [0.717, 1.165) is 5.69 Å². The van der Waals surface area contributed by atoms with Gasteiger partial charge in [0.25, 0.3) is 0 Å². The number of anilines is 1. The molecule has 16 heavy (non-hydrogen) atoms. The lowest BCUT2D eigenvalue weighted by atomic mass is 10.4. The molecule has 0 N–H and O–H groups in total. The predicted molar refractivity (Wildman–Crippen MR) is 57.9 cm³/mol. The van der Waals surface area contributed by atoms with Crippen LogP contribution in [0.25, 0.3) is 0 Å². The number of aromatic nitrogens is 4. The average Bonchev–Trinajstić information content (AvgIpc) is 2.64.